The zero-order valence-corrected chi connectivity index (χ0v) is 12.7. The molecule has 1 aromatic heterocycles. The molecule has 102 valence electrons. The maximum absolute atomic E-state index is 6.23. The first-order valence-electron chi connectivity index (χ1n) is 6.69. The van der Waals surface area contributed by atoms with Crippen molar-refractivity contribution in [2.24, 2.45) is 12.8 Å². The highest BCUT2D eigenvalue weighted by molar-refractivity contribution is 9.10. The van der Waals surface area contributed by atoms with E-state index >= 15 is 0 Å². The van der Waals surface area contributed by atoms with Gasteiger partial charge in [0.1, 0.15) is 0 Å². The summed E-state index contributed by atoms with van der Waals surface area (Å²) in [7, 11) is 1.98. The Morgan fingerprint density at radius 2 is 2.39 bits per heavy atom. The Kier molecular flexibility index (Phi) is 4.81. The smallest absolute Gasteiger partial charge is 0.0766 e. The molecule has 0 spiro atoms. The molecule has 2 atom stereocenters. The van der Waals surface area contributed by atoms with Crippen LogP contribution < -0.4 is 5.73 Å². The lowest BCUT2D eigenvalue weighted by Crippen LogP contribution is -2.29. The fourth-order valence-electron chi connectivity index (χ4n) is 2.54. The van der Waals surface area contributed by atoms with Gasteiger partial charge in [-0.3, -0.25) is 4.68 Å². The lowest BCUT2D eigenvalue weighted by atomic mass is 10.0. The monoisotopic (exact) mass is 315 g/mol. The van der Waals surface area contributed by atoms with Crippen molar-refractivity contribution in [3.05, 3.63) is 15.9 Å². The van der Waals surface area contributed by atoms with Crippen LogP contribution in [0, 0.1) is 0 Å². The number of hydrogen-bond donors (Lipinski definition) is 1. The Balaban J connectivity index is 1.97. The molecule has 0 saturated carbocycles. The highest BCUT2D eigenvalue weighted by atomic mass is 79.9. The predicted octanol–water partition coefficient (Wildman–Crippen LogP) is 2.18. The molecule has 2 unspecified atom stereocenters. The number of ether oxygens (including phenoxy) is 1. The van der Waals surface area contributed by atoms with Crippen molar-refractivity contribution < 1.29 is 4.74 Å². The summed E-state index contributed by atoms with van der Waals surface area (Å²) < 4.78 is 8.70. The molecule has 1 fully saturated rings. The molecule has 2 heterocycles. The molecular weight excluding hydrogens is 294 g/mol. The number of halogens is 1. The third kappa shape index (κ3) is 3.13. The van der Waals surface area contributed by atoms with Crippen LogP contribution in [0.4, 0.5) is 0 Å². The molecule has 0 bridgehead atoms. The van der Waals surface area contributed by atoms with Gasteiger partial charge in [0.15, 0.2) is 0 Å². The first-order valence-corrected chi connectivity index (χ1v) is 7.48. The SMILES string of the molecule is CCc1nn(C)c(CC(N)CC2CCCO2)c1Br. The summed E-state index contributed by atoms with van der Waals surface area (Å²) in [6.07, 6.45) is 5.42. The molecule has 0 radical (unpaired) electrons. The Hall–Kier alpha value is -0.390. The van der Waals surface area contributed by atoms with Gasteiger partial charge >= 0.3 is 0 Å². The van der Waals surface area contributed by atoms with Gasteiger partial charge in [-0.2, -0.15) is 5.10 Å². The van der Waals surface area contributed by atoms with E-state index in [1.165, 1.54) is 12.1 Å². The summed E-state index contributed by atoms with van der Waals surface area (Å²) >= 11 is 3.63. The minimum atomic E-state index is 0.143. The number of nitrogens with two attached hydrogens (primary N) is 1. The average molecular weight is 316 g/mol. The molecule has 4 nitrogen and oxygen atoms in total. The second-order valence-electron chi connectivity index (χ2n) is 5.02. The lowest BCUT2D eigenvalue weighted by molar-refractivity contribution is 0.0981. The zero-order chi connectivity index (χ0) is 13.1. The molecule has 1 aromatic rings. The maximum atomic E-state index is 6.23. The second-order valence-corrected chi connectivity index (χ2v) is 5.81. The van der Waals surface area contributed by atoms with E-state index in [2.05, 4.69) is 28.0 Å². The molecule has 1 saturated heterocycles. The van der Waals surface area contributed by atoms with Gasteiger partial charge in [-0.05, 0) is 41.6 Å². The molecule has 1 aliphatic heterocycles. The van der Waals surface area contributed by atoms with Crippen LogP contribution in [0.25, 0.3) is 0 Å². The van der Waals surface area contributed by atoms with Crippen LogP contribution in [0.1, 0.15) is 37.6 Å². The van der Waals surface area contributed by atoms with Crippen molar-refractivity contribution in [2.45, 2.75) is 51.2 Å². The Morgan fingerprint density at radius 3 is 2.94 bits per heavy atom. The summed E-state index contributed by atoms with van der Waals surface area (Å²) in [6, 6.07) is 0.143. The fourth-order valence-corrected chi connectivity index (χ4v) is 3.32. The summed E-state index contributed by atoms with van der Waals surface area (Å²) in [5, 5.41) is 4.50. The highest BCUT2D eigenvalue weighted by Gasteiger charge is 2.21. The van der Waals surface area contributed by atoms with Crippen molar-refractivity contribution in [3.8, 4) is 0 Å². The van der Waals surface area contributed by atoms with E-state index in [1.807, 2.05) is 11.7 Å². The molecule has 18 heavy (non-hydrogen) atoms. The third-order valence-corrected chi connectivity index (χ3v) is 4.46. The topological polar surface area (TPSA) is 53.1 Å². The van der Waals surface area contributed by atoms with Crippen LogP contribution in [0.5, 0.6) is 0 Å². The standard InChI is InChI=1S/C13H22BrN3O/c1-3-11-13(14)12(17(2)16-11)8-9(15)7-10-5-4-6-18-10/h9-10H,3-8,15H2,1-2H3. The fraction of sp³-hybridized carbons (Fsp3) is 0.769. The van der Waals surface area contributed by atoms with Crippen LogP contribution in [-0.2, 0) is 24.6 Å². The van der Waals surface area contributed by atoms with E-state index in [0.717, 1.165) is 42.5 Å². The van der Waals surface area contributed by atoms with Crippen molar-refractivity contribution >= 4 is 15.9 Å². The second kappa shape index (κ2) is 6.17. The van der Waals surface area contributed by atoms with Crippen LogP contribution >= 0.6 is 15.9 Å². The maximum Gasteiger partial charge on any atom is 0.0766 e. The van der Waals surface area contributed by atoms with E-state index in [9.17, 15) is 0 Å². The molecule has 2 rings (SSSR count). The largest absolute Gasteiger partial charge is 0.378 e. The number of hydrogen-bond acceptors (Lipinski definition) is 3. The van der Waals surface area contributed by atoms with E-state index < -0.39 is 0 Å². The molecule has 2 N–H and O–H groups in total. The summed E-state index contributed by atoms with van der Waals surface area (Å²) in [4.78, 5) is 0. The average Bonchev–Trinajstić information content (AvgIpc) is 2.92. The Morgan fingerprint density at radius 1 is 1.61 bits per heavy atom. The first kappa shape index (κ1) is 14.0. The first-order chi connectivity index (χ1) is 8.61. The summed E-state index contributed by atoms with van der Waals surface area (Å²) in [5.41, 5.74) is 8.53. The minimum absolute atomic E-state index is 0.143. The van der Waals surface area contributed by atoms with Gasteiger partial charge < -0.3 is 10.5 Å². The van der Waals surface area contributed by atoms with Crippen LogP contribution in [0.15, 0.2) is 4.47 Å². The van der Waals surface area contributed by atoms with Gasteiger partial charge in [-0.1, -0.05) is 6.92 Å². The lowest BCUT2D eigenvalue weighted by Gasteiger charge is -2.16. The van der Waals surface area contributed by atoms with Crippen molar-refractivity contribution in [1.82, 2.24) is 9.78 Å². The van der Waals surface area contributed by atoms with Crippen molar-refractivity contribution in [1.29, 1.82) is 0 Å². The molecular formula is C13H22BrN3O. The van der Waals surface area contributed by atoms with Gasteiger partial charge in [-0.25, -0.2) is 0 Å². The van der Waals surface area contributed by atoms with E-state index in [0.29, 0.717) is 6.10 Å². The van der Waals surface area contributed by atoms with Crippen LogP contribution in [0.3, 0.4) is 0 Å². The zero-order valence-electron chi connectivity index (χ0n) is 11.2. The molecule has 5 heteroatoms. The normalized spacial score (nSPS) is 21.4. The van der Waals surface area contributed by atoms with Gasteiger partial charge in [0.05, 0.1) is 22.0 Å². The predicted molar refractivity (Wildman–Crippen MR) is 75.6 cm³/mol. The van der Waals surface area contributed by atoms with Gasteiger partial charge in [0.25, 0.3) is 0 Å². The van der Waals surface area contributed by atoms with Crippen molar-refractivity contribution in [3.63, 3.8) is 0 Å². The third-order valence-electron chi connectivity index (χ3n) is 3.55. The Bertz CT molecular complexity index is 399. The van der Waals surface area contributed by atoms with Crippen LogP contribution in [-0.4, -0.2) is 28.5 Å². The van der Waals surface area contributed by atoms with Crippen molar-refractivity contribution in [2.75, 3.05) is 6.61 Å². The summed E-state index contributed by atoms with van der Waals surface area (Å²) in [6.45, 7) is 3.01. The van der Waals surface area contributed by atoms with Gasteiger partial charge in [0.2, 0.25) is 0 Å². The van der Waals surface area contributed by atoms with Gasteiger partial charge in [-0.15, -0.1) is 0 Å². The van der Waals surface area contributed by atoms with Crippen LogP contribution in [0.2, 0.25) is 0 Å². The molecule has 0 amide bonds. The molecule has 0 aliphatic carbocycles. The quantitative estimate of drug-likeness (QED) is 0.906. The number of nitrogens with zero attached hydrogens (tertiary/aromatic N) is 2. The minimum Gasteiger partial charge on any atom is -0.378 e. The molecule has 0 aromatic carbocycles. The Labute approximate surface area is 117 Å². The van der Waals surface area contributed by atoms with E-state index in [1.54, 1.807) is 0 Å². The number of rotatable bonds is 5. The number of aryl methyl sites for hydroxylation is 2. The summed E-state index contributed by atoms with van der Waals surface area (Å²) in [5.74, 6) is 0. The number of aromatic nitrogens is 2. The van der Waals surface area contributed by atoms with Gasteiger partial charge in [0, 0.05) is 26.1 Å². The molecule has 1 aliphatic rings. The van der Waals surface area contributed by atoms with E-state index in [-0.39, 0.29) is 6.04 Å². The highest BCUT2D eigenvalue weighted by Crippen LogP contribution is 2.24. The van der Waals surface area contributed by atoms with E-state index in [4.69, 9.17) is 10.5 Å².